The van der Waals surface area contributed by atoms with Crippen molar-refractivity contribution in [1.82, 2.24) is 0 Å². The van der Waals surface area contributed by atoms with Gasteiger partial charge in [-0.2, -0.15) is 0 Å². The SMILES string of the molecule is O=C([O-])CC(O)CC(=O)[O-]. The van der Waals surface area contributed by atoms with Gasteiger partial charge in [-0.1, -0.05) is 0 Å². The van der Waals surface area contributed by atoms with Crippen molar-refractivity contribution in [3.63, 3.8) is 0 Å². The van der Waals surface area contributed by atoms with Crippen molar-refractivity contribution in [2.45, 2.75) is 18.9 Å². The van der Waals surface area contributed by atoms with Crippen LogP contribution in [0.2, 0.25) is 0 Å². The number of carboxylic acid groups (broad SMARTS) is 2. The number of carboxylic acids is 2. The monoisotopic (exact) mass is 146 g/mol. The molecular weight excluding hydrogens is 140 g/mol. The molecule has 0 aliphatic heterocycles. The third kappa shape index (κ3) is 5.04. The van der Waals surface area contributed by atoms with E-state index in [0.717, 1.165) is 0 Å². The predicted molar refractivity (Wildman–Crippen MR) is 25.3 cm³/mol. The number of hydrogen-bond acceptors (Lipinski definition) is 5. The first-order valence-electron chi connectivity index (χ1n) is 2.60. The van der Waals surface area contributed by atoms with Gasteiger partial charge < -0.3 is 24.9 Å². The second-order valence-electron chi connectivity index (χ2n) is 1.81. The molecule has 0 heterocycles. The van der Waals surface area contributed by atoms with Crippen LogP contribution >= 0.6 is 0 Å². The number of carbonyl (C=O) groups is 2. The van der Waals surface area contributed by atoms with Crippen LogP contribution in [-0.2, 0) is 9.59 Å². The van der Waals surface area contributed by atoms with E-state index in [-0.39, 0.29) is 0 Å². The van der Waals surface area contributed by atoms with Gasteiger partial charge in [-0.3, -0.25) is 0 Å². The molecule has 0 saturated carbocycles. The lowest BCUT2D eigenvalue weighted by molar-refractivity contribution is -0.310. The van der Waals surface area contributed by atoms with E-state index in [1.807, 2.05) is 0 Å². The van der Waals surface area contributed by atoms with Crippen molar-refractivity contribution in [1.29, 1.82) is 0 Å². The standard InChI is InChI=1S/C5H8O5/c6-3(1-4(7)8)2-5(9)10/h3,6H,1-2H2,(H,7,8)(H,9,10)/p-2. The summed E-state index contributed by atoms with van der Waals surface area (Å²) in [5.74, 6) is -2.96. The molecule has 0 spiro atoms. The van der Waals surface area contributed by atoms with Crippen molar-refractivity contribution in [2.24, 2.45) is 0 Å². The summed E-state index contributed by atoms with van der Waals surface area (Å²) in [7, 11) is 0. The lowest BCUT2D eigenvalue weighted by atomic mass is 10.2. The van der Waals surface area contributed by atoms with E-state index in [9.17, 15) is 19.8 Å². The second-order valence-corrected chi connectivity index (χ2v) is 1.81. The van der Waals surface area contributed by atoms with Crippen LogP contribution in [0.15, 0.2) is 0 Å². The minimum Gasteiger partial charge on any atom is -0.550 e. The lowest BCUT2D eigenvalue weighted by Crippen LogP contribution is -2.32. The van der Waals surface area contributed by atoms with E-state index in [2.05, 4.69) is 0 Å². The highest BCUT2D eigenvalue weighted by Gasteiger charge is 2.03. The van der Waals surface area contributed by atoms with Gasteiger partial charge in [0.05, 0.1) is 6.10 Å². The molecule has 0 aromatic rings. The molecule has 0 aromatic carbocycles. The van der Waals surface area contributed by atoms with Crippen LogP contribution in [0, 0.1) is 0 Å². The minimum absolute atomic E-state index is 0.673. The first kappa shape index (κ1) is 8.90. The Kier molecular flexibility index (Phi) is 3.42. The largest absolute Gasteiger partial charge is 0.550 e. The Morgan fingerprint density at radius 1 is 1.20 bits per heavy atom. The fourth-order valence-corrected chi connectivity index (χ4v) is 0.457. The second kappa shape index (κ2) is 3.84. The molecule has 0 fully saturated rings. The van der Waals surface area contributed by atoms with Gasteiger partial charge in [-0.05, 0) is 0 Å². The van der Waals surface area contributed by atoms with Crippen LogP contribution in [0.3, 0.4) is 0 Å². The molecule has 1 N–H and O–H groups in total. The number of hydrogen-bond donors (Lipinski definition) is 1. The Bertz CT molecular complexity index is 125. The average Bonchev–Trinajstić information content (AvgIpc) is 1.58. The molecule has 0 amide bonds. The zero-order valence-corrected chi connectivity index (χ0v) is 5.07. The quantitative estimate of drug-likeness (QED) is 0.446. The van der Waals surface area contributed by atoms with Gasteiger partial charge in [-0.25, -0.2) is 0 Å². The van der Waals surface area contributed by atoms with Crippen molar-refractivity contribution < 1.29 is 24.9 Å². The average molecular weight is 146 g/mol. The van der Waals surface area contributed by atoms with Crippen molar-refractivity contribution in [3.8, 4) is 0 Å². The molecular formula is C5H6O5-2. The highest BCUT2D eigenvalue weighted by Crippen LogP contribution is 1.94. The van der Waals surface area contributed by atoms with Crippen LogP contribution in [0.1, 0.15) is 12.8 Å². The van der Waals surface area contributed by atoms with E-state index in [4.69, 9.17) is 5.11 Å². The molecule has 5 heteroatoms. The van der Waals surface area contributed by atoms with Gasteiger partial charge in [-0.15, -0.1) is 0 Å². The maximum Gasteiger partial charge on any atom is 0.0644 e. The Labute approximate surface area is 56.9 Å². The number of rotatable bonds is 4. The topological polar surface area (TPSA) is 100 Å². The minimum atomic E-state index is -1.48. The van der Waals surface area contributed by atoms with Crippen LogP contribution in [0.4, 0.5) is 0 Å². The summed E-state index contributed by atoms with van der Waals surface area (Å²) < 4.78 is 0. The van der Waals surface area contributed by atoms with E-state index >= 15 is 0 Å². The van der Waals surface area contributed by atoms with E-state index in [0.29, 0.717) is 0 Å². The molecule has 58 valence electrons. The summed E-state index contributed by atoms with van der Waals surface area (Å²) in [6, 6.07) is 0. The zero-order chi connectivity index (χ0) is 8.15. The van der Waals surface area contributed by atoms with Gasteiger partial charge in [0.2, 0.25) is 0 Å². The molecule has 0 saturated heterocycles. The molecule has 0 aromatic heterocycles. The summed E-state index contributed by atoms with van der Waals surface area (Å²) in [5.41, 5.74) is 0. The molecule has 0 aliphatic rings. The molecule has 0 bridgehead atoms. The lowest BCUT2D eigenvalue weighted by Gasteiger charge is -2.10. The Hall–Kier alpha value is -1.10. The number of aliphatic carboxylic acids is 2. The molecule has 10 heavy (non-hydrogen) atoms. The van der Waals surface area contributed by atoms with Crippen LogP contribution in [-0.4, -0.2) is 23.1 Å². The maximum atomic E-state index is 9.71. The van der Waals surface area contributed by atoms with Gasteiger partial charge in [0.25, 0.3) is 0 Å². The Morgan fingerprint density at radius 3 is 1.70 bits per heavy atom. The Balaban J connectivity index is 3.53. The predicted octanol–water partition coefficient (Wildman–Crippen LogP) is -3.37. The zero-order valence-electron chi connectivity index (χ0n) is 5.07. The normalized spacial score (nSPS) is 9.80. The molecule has 0 atom stereocenters. The smallest absolute Gasteiger partial charge is 0.0644 e. The fourth-order valence-electron chi connectivity index (χ4n) is 0.457. The highest BCUT2D eigenvalue weighted by molar-refractivity contribution is 5.68. The summed E-state index contributed by atoms with van der Waals surface area (Å²) in [4.78, 5) is 19.4. The molecule has 0 rings (SSSR count). The van der Waals surface area contributed by atoms with Crippen LogP contribution in [0.5, 0.6) is 0 Å². The van der Waals surface area contributed by atoms with Gasteiger partial charge in [0, 0.05) is 24.8 Å². The first-order valence-corrected chi connectivity index (χ1v) is 2.60. The summed E-state index contributed by atoms with van der Waals surface area (Å²) in [6.07, 6.45) is -2.75. The first-order chi connectivity index (χ1) is 4.52. The molecule has 0 unspecified atom stereocenters. The van der Waals surface area contributed by atoms with Gasteiger partial charge in [0.15, 0.2) is 0 Å². The van der Waals surface area contributed by atoms with Crippen molar-refractivity contribution >= 4 is 11.9 Å². The van der Waals surface area contributed by atoms with E-state index in [1.165, 1.54) is 0 Å². The molecule has 0 aliphatic carbocycles. The molecule has 5 nitrogen and oxygen atoms in total. The van der Waals surface area contributed by atoms with Crippen molar-refractivity contribution in [3.05, 3.63) is 0 Å². The van der Waals surface area contributed by atoms with Crippen LogP contribution < -0.4 is 10.2 Å². The summed E-state index contributed by atoms with van der Waals surface area (Å²) >= 11 is 0. The van der Waals surface area contributed by atoms with E-state index in [1.54, 1.807) is 0 Å². The maximum absolute atomic E-state index is 9.71. The Morgan fingerprint density at radius 2 is 1.50 bits per heavy atom. The third-order valence-electron chi connectivity index (χ3n) is 0.805. The third-order valence-corrected chi connectivity index (χ3v) is 0.805. The molecule has 0 radical (unpaired) electrons. The summed E-state index contributed by atoms with van der Waals surface area (Å²) in [6.45, 7) is 0. The van der Waals surface area contributed by atoms with Gasteiger partial charge in [0.1, 0.15) is 0 Å². The highest BCUT2D eigenvalue weighted by atomic mass is 16.4. The summed E-state index contributed by atoms with van der Waals surface area (Å²) in [5, 5.41) is 28.0. The fraction of sp³-hybridized carbons (Fsp3) is 0.600. The number of aliphatic hydroxyl groups is 1. The number of carbonyl (C=O) groups excluding carboxylic acids is 2. The van der Waals surface area contributed by atoms with Crippen LogP contribution in [0.25, 0.3) is 0 Å². The van der Waals surface area contributed by atoms with Gasteiger partial charge >= 0.3 is 0 Å². The van der Waals surface area contributed by atoms with E-state index < -0.39 is 30.9 Å². The van der Waals surface area contributed by atoms with Crippen molar-refractivity contribution in [2.75, 3.05) is 0 Å². The number of aliphatic hydroxyl groups excluding tert-OH is 1.